The quantitative estimate of drug-likeness (QED) is 0.917. The number of halogens is 2. The molecule has 0 aliphatic carbocycles. The van der Waals surface area contributed by atoms with Crippen molar-refractivity contribution in [3.8, 4) is 0 Å². The summed E-state index contributed by atoms with van der Waals surface area (Å²) in [6.07, 6.45) is 1.63. The van der Waals surface area contributed by atoms with Gasteiger partial charge in [-0.3, -0.25) is 4.79 Å². The molecule has 2 rings (SSSR count). The van der Waals surface area contributed by atoms with Gasteiger partial charge in [-0.05, 0) is 24.5 Å². The van der Waals surface area contributed by atoms with E-state index in [9.17, 15) is 22.0 Å². The molecule has 8 heteroatoms. The number of rotatable bonds is 3. The maximum atomic E-state index is 14.2. The number of hydrogen-bond donors (Lipinski definition) is 1. The number of carbonyl (C=O) groups is 1. The highest BCUT2D eigenvalue weighted by atomic mass is 32.2. The summed E-state index contributed by atoms with van der Waals surface area (Å²) in [7, 11) is -4.36. The van der Waals surface area contributed by atoms with Crippen LogP contribution in [0.15, 0.2) is 17.0 Å². The molecule has 1 unspecified atom stereocenters. The number of hydrogen-bond acceptors (Lipinski definition) is 3. The SMILES string of the molecule is CCC1CCN(C(=O)c2c(F)ccc(S(N)(=O)=O)c2F)C1. The van der Waals surface area contributed by atoms with Crippen LogP contribution >= 0.6 is 0 Å². The molecule has 1 saturated heterocycles. The molecule has 1 amide bonds. The highest BCUT2D eigenvalue weighted by Gasteiger charge is 2.31. The molecule has 1 aromatic rings. The van der Waals surface area contributed by atoms with Crippen LogP contribution in [0.5, 0.6) is 0 Å². The molecule has 0 aromatic heterocycles. The van der Waals surface area contributed by atoms with Crippen molar-refractivity contribution in [2.75, 3.05) is 13.1 Å². The van der Waals surface area contributed by atoms with E-state index >= 15 is 0 Å². The fourth-order valence-corrected chi connectivity index (χ4v) is 3.07. The minimum absolute atomic E-state index is 0.293. The molecular weight excluding hydrogens is 302 g/mol. The first-order valence-corrected chi connectivity index (χ1v) is 8.10. The lowest BCUT2D eigenvalue weighted by molar-refractivity contribution is 0.0776. The Balaban J connectivity index is 2.42. The van der Waals surface area contributed by atoms with Gasteiger partial charge in [0.2, 0.25) is 10.0 Å². The Labute approximate surface area is 121 Å². The summed E-state index contributed by atoms with van der Waals surface area (Å²) in [5.74, 6) is -3.07. The fourth-order valence-electron chi connectivity index (χ4n) is 2.46. The zero-order chi connectivity index (χ0) is 15.8. The molecule has 1 aromatic carbocycles. The number of nitrogens with two attached hydrogens (primary N) is 1. The first-order chi connectivity index (χ1) is 9.75. The van der Waals surface area contributed by atoms with Crippen molar-refractivity contribution in [3.63, 3.8) is 0 Å². The number of nitrogens with zero attached hydrogens (tertiary/aromatic N) is 1. The van der Waals surface area contributed by atoms with Gasteiger partial charge in [0.05, 0.1) is 0 Å². The molecule has 116 valence electrons. The summed E-state index contributed by atoms with van der Waals surface area (Å²) in [5.41, 5.74) is -0.863. The van der Waals surface area contributed by atoms with Gasteiger partial charge < -0.3 is 4.90 Å². The second kappa shape index (κ2) is 5.69. The minimum atomic E-state index is -4.36. The van der Waals surface area contributed by atoms with Crippen LogP contribution in [0.2, 0.25) is 0 Å². The molecule has 1 aliphatic heterocycles. The van der Waals surface area contributed by atoms with E-state index < -0.39 is 38.0 Å². The molecule has 0 bridgehead atoms. The van der Waals surface area contributed by atoms with Crippen molar-refractivity contribution in [2.45, 2.75) is 24.7 Å². The van der Waals surface area contributed by atoms with E-state index in [1.807, 2.05) is 6.92 Å². The van der Waals surface area contributed by atoms with Gasteiger partial charge in [-0.1, -0.05) is 13.3 Å². The number of likely N-dealkylation sites (tertiary alicyclic amines) is 1. The van der Waals surface area contributed by atoms with Crippen molar-refractivity contribution in [1.82, 2.24) is 4.90 Å². The number of benzene rings is 1. The molecule has 1 fully saturated rings. The van der Waals surface area contributed by atoms with Crippen LogP contribution in [0.3, 0.4) is 0 Å². The van der Waals surface area contributed by atoms with Gasteiger partial charge in [0.25, 0.3) is 5.91 Å². The molecule has 1 heterocycles. The monoisotopic (exact) mass is 318 g/mol. The molecule has 5 nitrogen and oxygen atoms in total. The molecule has 21 heavy (non-hydrogen) atoms. The summed E-state index contributed by atoms with van der Waals surface area (Å²) < 4.78 is 50.4. The Morgan fingerprint density at radius 1 is 1.43 bits per heavy atom. The van der Waals surface area contributed by atoms with Gasteiger partial charge >= 0.3 is 0 Å². The number of amides is 1. The normalized spacial score (nSPS) is 19.0. The summed E-state index contributed by atoms with van der Waals surface area (Å²) in [5, 5.41) is 4.86. The Hall–Kier alpha value is -1.54. The third-order valence-corrected chi connectivity index (χ3v) is 4.65. The van der Waals surface area contributed by atoms with E-state index in [4.69, 9.17) is 5.14 Å². The molecule has 0 spiro atoms. The van der Waals surface area contributed by atoms with Crippen LogP contribution in [0.4, 0.5) is 8.78 Å². The van der Waals surface area contributed by atoms with Gasteiger partial charge in [-0.25, -0.2) is 22.3 Å². The molecular formula is C13H16F2N2O3S. The van der Waals surface area contributed by atoms with E-state index in [1.165, 1.54) is 4.90 Å². The topological polar surface area (TPSA) is 80.5 Å². The van der Waals surface area contributed by atoms with Crippen molar-refractivity contribution in [2.24, 2.45) is 11.1 Å². The smallest absolute Gasteiger partial charge is 0.259 e. The second-order valence-corrected chi connectivity index (χ2v) is 6.62. The minimum Gasteiger partial charge on any atom is -0.338 e. The average molecular weight is 318 g/mol. The maximum absolute atomic E-state index is 14.2. The van der Waals surface area contributed by atoms with Gasteiger partial charge in [-0.15, -0.1) is 0 Å². The molecule has 2 N–H and O–H groups in total. The van der Waals surface area contributed by atoms with E-state index in [1.54, 1.807) is 0 Å². The second-order valence-electron chi connectivity index (χ2n) is 5.09. The van der Waals surface area contributed by atoms with Crippen LogP contribution in [0, 0.1) is 17.6 Å². The lowest BCUT2D eigenvalue weighted by Crippen LogP contribution is -2.31. The van der Waals surface area contributed by atoms with Crippen molar-refractivity contribution in [1.29, 1.82) is 0 Å². The van der Waals surface area contributed by atoms with E-state index in [-0.39, 0.29) is 0 Å². The predicted molar refractivity (Wildman–Crippen MR) is 72.0 cm³/mol. The number of primary sulfonamides is 1. The van der Waals surface area contributed by atoms with E-state index in [2.05, 4.69) is 0 Å². The Morgan fingerprint density at radius 3 is 2.62 bits per heavy atom. The first kappa shape index (κ1) is 15.8. The lowest BCUT2D eigenvalue weighted by atomic mass is 10.1. The summed E-state index contributed by atoms with van der Waals surface area (Å²) >= 11 is 0. The zero-order valence-corrected chi connectivity index (χ0v) is 12.3. The summed E-state index contributed by atoms with van der Waals surface area (Å²) in [4.78, 5) is 12.7. The van der Waals surface area contributed by atoms with Crippen LogP contribution < -0.4 is 5.14 Å². The van der Waals surface area contributed by atoms with Crippen LogP contribution in [-0.4, -0.2) is 32.3 Å². The molecule has 0 saturated carbocycles. The van der Waals surface area contributed by atoms with Crippen molar-refractivity contribution < 1.29 is 22.0 Å². The van der Waals surface area contributed by atoms with Gasteiger partial charge in [0.15, 0.2) is 5.82 Å². The van der Waals surface area contributed by atoms with Gasteiger partial charge in [0, 0.05) is 13.1 Å². The van der Waals surface area contributed by atoms with Gasteiger partial charge in [-0.2, -0.15) is 0 Å². The first-order valence-electron chi connectivity index (χ1n) is 6.55. The Kier molecular flexibility index (Phi) is 4.29. The Morgan fingerprint density at radius 2 is 2.10 bits per heavy atom. The third-order valence-electron chi connectivity index (χ3n) is 3.73. The molecule has 0 radical (unpaired) electrons. The largest absolute Gasteiger partial charge is 0.338 e. The molecule has 1 atom stereocenters. The highest BCUT2D eigenvalue weighted by molar-refractivity contribution is 7.89. The Bertz CT molecular complexity index is 676. The number of sulfonamides is 1. The third kappa shape index (κ3) is 3.06. The van der Waals surface area contributed by atoms with Crippen molar-refractivity contribution in [3.05, 3.63) is 29.3 Å². The standard InChI is InChI=1S/C13H16F2N2O3S/c1-2-8-5-6-17(7-8)13(18)11-9(14)3-4-10(12(11)15)21(16,19)20/h3-4,8H,2,5-7H2,1H3,(H2,16,19,20). The summed E-state index contributed by atoms with van der Waals surface area (Å²) in [6, 6.07) is 1.46. The van der Waals surface area contributed by atoms with Crippen LogP contribution in [-0.2, 0) is 10.0 Å². The van der Waals surface area contributed by atoms with Gasteiger partial charge in [0.1, 0.15) is 16.3 Å². The zero-order valence-electron chi connectivity index (χ0n) is 11.5. The highest BCUT2D eigenvalue weighted by Crippen LogP contribution is 2.25. The van der Waals surface area contributed by atoms with Crippen LogP contribution in [0.25, 0.3) is 0 Å². The van der Waals surface area contributed by atoms with E-state index in [0.29, 0.717) is 19.0 Å². The lowest BCUT2D eigenvalue weighted by Gasteiger charge is -2.17. The van der Waals surface area contributed by atoms with E-state index in [0.717, 1.165) is 25.0 Å². The van der Waals surface area contributed by atoms with Crippen molar-refractivity contribution >= 4 is 15.9 Å². The van der Waals surface area contributed by atoms with Crippen LogP contribution in [0.1, 0.15) is 30.1 Å². The fraction of sp³-hybridized carbons (Fsp3) is 0.462. The predicted octanol–water partition coefficient (Wildman–Crippen LogP) is 1.48. The number of carbonyl (C=O) groups excluding carboxylic acids is 1. The summed E-state index contributed by atoms with van der Waals surface area (Å²) in [6.45, 7) is 2.78. The molecule has 1 aliphatic rings. The maximum Gasteiger partial charge on any atom is 0.259 e. The average Bonchev–Trinajstić information content (AvgIpc) is 2.85.